The van der Waals surface area contributed by atoms with E-state index in [4.69, 9.17) is 23.8 Å². The number of ketones is 1. The van der Waals surface area contributed by atoms with E-state index in [1.807, 2.05) is 6.08 Å². The first-order chi connectivity index (χ1) is 30.6. The molecule has 14 nitrogen and oxygen atoms in total. The van der Waals surface area contributed by atoms with Crippen LogP contribution < -0.4 is 0 Å². The Morgan fingerprint density at radius 3 is 1.48 bits per heavy atom. The number of hydrogen-bond acceptors (Lipinski definition) is 11. The van der Waals surface area contributed by atoms with Crippen molar-refractivity contribution in [1.82, 2.24) is 0 Å². The molecule has 0 aliphatic heterocycles. The van der Waals surface area contributed by atoms with Gasteiger partial charge in [-0.3, -0.25) is 28.0 Å². The molecule has 0 bridgehead atoms. The molecule has 64 heavy (non-hydrogen) atoms. The number of carbonyl (C=O) groups is 3. The van der Waals surface area contributed by atoms with Crippen LogP contribution >= 0.6 is 15.6 Å². The number of hydrogen-bond donors (Lipinski definition) is 4. The molecule has 0 radical (unpaired) electrons. The molecule has 0 aliphatic carbocycles. The Bertz CT molecular complexity index is 1300. The van der Waals surface area contributed by atoms with E-state index >= 15 is 0 Å². The number of esters is 2. The first-order valence-corrected chi connectivity index (χ1v) is 27.9. The number of allylic oxidation sites excluding steroid dienone is 4. The molecule has 0 aromatic carbocycles. The van der Waals surface area contributed by atoms with E-state index in [1.165, 1.54) is 109 Å². The van der Waals surface area contributed by atoms with Crippen molar-refractivity contribution >= 4 is 33.4 Å². The molecular formula is C48H90O14P2. The molecule has 0 spiro atoms. The molecular weight excluding hydrogens is 862 g/mol. The van der Waals surface area contributed by atoms with Gasteiger partial charge in [-0.05, 0) is 44.1 Å². The second kappa shape index (κ2) is 42.6. The zero-order valence-electron chi connectivity index (χ0n) is 40.1. The highest BCUT2D eigenvalue weighted by Gasteiger charge is 2.28. The van der Waals surface area contributed by atoms with Crippen LogP contribution in [0.25, 0.3) is 0 Å². The van der Waals surface area contributed by atoms with E-state index in [-0.39, 0.29) is 18.6 Å². The monoisotopic (exact) mass is 953 g/mol. The normalized spacial score (nSPS) is 14.1. The van der Waals surface area contributed by atoms with Gasteiger partial charge in [0.05, 0.1) is 19.8 Å². The molecule has 4 N–H and O–H groups in total. The lowest BCUT2D eigenvalue weighted by molar-refractivity contribution is -0.161. The van der Waals surface area contributed by atoms with Gasteiger partial charge in [-0.1, -0.05) is 187 Å². The fourth-order valence-electron chi connectivity index (χ4n) is 6.93. The third-order valence-electron chi connectivity index (χ3n) is 10.7. The molecule has 0 heterocycles. The average Bonchev–Trinajstić information content (AvgIpc) is 3.24. The number of carbonyl (C=O) groups excluding carboxylic acids is 3. The van der Waals surface area contributed by atoms with Crippen molar-refractivity contribution < 1.29 is 66.3 Å². The number of phosphoric ester groups is 2. The van der Waals surface area contributed by atoms with Crippen molar-refractivity contribution in [2.24, 2.45) is 5.92 Å². The summed E-state index contributed by atoms with van der Waals surface area (Å²) in [4.78, 5) is 64.9. The summed E-state index contributed by atoms with van der Waals surface area (Å²) >= 11 is 0. The molecule has 0 aromatic rings. The number of unbranched alkanes of at least 4 members (excludes halogenated alkanes) is 24. The molecule has 0 rings (SSSR count). The summed E-state index contributed by atoms with van der Waals surface area (Å²) < 4.78 is 47.8. The third-order valence-corrected chi connectivity index (χ3v) is 12.2. The van der Waals surface area contributed by atoms with Gasteiger partial charge in [0.2, 0.25) is 0 Å². The van der Waals surface area contributed by atoms with Gasteiger partial charge in [-0.2, -0.15) is 0 Å². The fraction of sp³-hybridized carbons (Fsp3) is 0.854. The molecule has 0 aliphatic rings. The van der Waals surface area contributed by atoms with Crippen molar-refractivity contribution in [1.29, 1.82) is 0 Å². The van der Waals surface area contributed by atoms with Crippen LogP contribution in [0, 0.1) is 5.92 Å². The highest BCUT2D eigenvalue weighted by Crippen LogP contribution is 2.44. The number of rotatable bonds is 47. The highest BCUT2D eigenvalue weighted by molar-refractivity contribution is 7.47. The Morgan fingerprint density at radius 2 is 0.984 bits per heavy atom. The fourth-order valence-corrected chi connectivity index (χ4v) is 8.08. The topological polar surface area (TPSA) is 212 Å². The summed E-state index contributed by atoms with van der Waals surface area (Å²) in [5.74, 6) is -0.206. The first kappa shape index (κ1) is 62.3. The molecule has 16 heteroatoms. The van der Waals surface area contributed by atoms with Crippen LogP contribution in [-0.4, -0.2) is 76.1 Å². The Labute approximate surface area is 387 Å². The summed E-state index contributed by atoms with van der Waals surface area (Å²) in [7, 11) is -9.72. The summed E-state index contributed by atoms with van der Waals surface area (Å²) in [6.45, 7) is 3.96. The van der Waals surface area contributed by atoms with Crippen LogP contribution in [-0.2, 0) is 46.6 Å². The lowest BCUT2D eigenvalue weighted by Gasteiger charge is -2.20. The van der Waals surface area contributed by atoms with Gasteiger partial charge < -0.3 is 29.3 Å². The van der Waals surface area contributed by atoms with Gasteiger partial charge in [0.25, 0.3) is 0 Å². The summed E-state index contributed by atoms with van der Waals surface area (Å²) in [6.07, 6.45) is 37.1. The minimum absolute atomic E-state index is 0.0504. The minimum atomic E-state index is -4.88. The van der Waals surface area contributed by atoms with Crippen LogP contribution in [0.15, 0.2) is 24.3 Å². The van der Waals surface area contributed by atoms with Crippen LogP contribution in [0.1, 0.15) is 220 Å². The van der Waals surface area contributed by atoms with E-state index in [0.717, 1.165) is 63.7 Å². The van der Waals surface area contributed by atoms with E-state index in [9.17, 15) is 33.5 Å². The smallest absolute Gasteiger partial charge is 0.462 e. The molecule has 0 amide bonds. The quantitative estimate of drug-likeness (QED) is 0.0147. The minimum Gasteiger partial charge on any atom is -0.462 e. The van der Waals surface area contributed by atoms with E-state index < -0.39 is 66.2 Å². The van der Waals surface area contributed by atoms with Crippen molar-refractivity contribution in [2.75, 3.05) is 26.4 Å². The van der Waals surface area contributed by atoms with E-state index in [0.29, 0.717) is 19.3 Å². The molecule has 376 valence electrons. The standard InChI is InChI=1S/C48H90O14P2/c1-4-5-6-7-20-25-30-35-44(49)36-31-26-23-28-33-38-48(52)62-46(42-61-64(56,57)60-40-45(50)39-59-63(53,54)55)41-58-47(51)37-32-27-22-19-17-15-13-11-9-8-10-12-14-16-18-21-24-29-34-43(2)3/h20,25,30,35,43,45-46,50H,4-19,21-24,26-29,31-34,36-42H2,1-3H3,(H,56,57)(H2,53,54,55)/b25-20-,35-30+/t45-,46+/m0/s1. The Kier molecular flexibility index (Phi) is 41.5. The Balaban J connectivity index is 4.44. The number of aliphatic hydroxyl groups excluding tert-OH is 1. The molecule has 0 saturated heterocycles. The molecule has 1 unspecified atom stereocenters. The van der Waals surface area contributed by atoms with Crippen LogP contribution in [0.3, 0.4) is 0 Å². The van der Waals surface area contributed by atoms with Gasteiger partial charge in [-0.25, -0.2) is 9.13 Å². The van der Waals surface area contributed by atoms with E-state index in [2.05, 4.69) is 35.9 Å². The molecule has 0 aromatic heterocycles. The van der Waals surface area contributed by atoms with Crippen molar-refractivity contribution in [2.45, 2.75) is 232 Å². The zero-order chi connectivity index (χ0) is 47.6. The highest BCUT2D eigenvalue weighted by atomic mass is 31.2. The lowest BCUT2D eigenvalue weighted by atomic mass is 10.0. The average molecular weight is 953 g/mol. The third kappa shape index (κ3) is 46.8. The maximum absolute atomic E-state index is 12.7. The van der Waals surface area contributed by atoms with Gasteiger partial charge >= 0.3 is 27.6 Å². The second-order valence-corrected chi connectivity index (χ2v) is 20.3. The number of aliphatic hydroxyl groups is 1. The lowest BCUT2D eigenvalue weighted by Crippen LogP contribution is -2.30. The second-order valence-electron chi connectivity index (χ2n) is 17.6. The van der Waals surface area contributed by atoms with Gasteiger partial charge in [-0.15, -0.1) is 0 Å². The number of ether oxygens (including phenoxy) is 2. The summed E-state index contributed by atoms with van der Waals surface area (Å²) in [5.41, 5.74) is 0. The summed E-state index contributed by atoms with van der Waals surface area (Å²) in [5, 5.41) is 9.76. The van der Waals surface area contributed by atoms with Crippen LogP contribution in [0.5, 0.6) is 0 Å². The van der Waals surface area contributed by atoms with Gasteiger partial charge in [0, 0.05) is 19.3 Å². The van der Waals surface area contributed by atoms with Gasteiger partial charge in [0.1, 0.15) is 12.7 Å². The molecule has 0 fully saturated rings. The predicted molar refractivity (Wildman–Crippen MR) is 253 cm³/mol. The SMILES string of the molecule is CCCCC/C=C\C=C\C(=O)CCCCCCCC(=O)O[C@H](COC(=O)CCCCCCCCCCCCCCCCCCCCC(C)C)COP(=O)(O)OC[C@@H](O)COP(=O)(O)O. The Morgan fingerprint density at radius 1 is 0.531 bits per heavy atom. The van der Waals surface area contributed by atoms with Crippen LogP contribution in [0.4, 0.5) is 0 Å². The predicted octanol–water partition coefficient (Wildman–Crippen LogP) is 12.5. The maximum Gasteiger partial charge on any atom is 0.472 e. The summed E-state index contributed by atoms with van der Waals surface area (Å²) in [6, 6.07) is 0. The largest absolute Gasteiger partial charge is 0.472 e. The first-order valence-electron chi connectivity index (χ1n) is 24.8. The zero-order valence-corrected chi connectivity index (χ0v) is 41.8. The maximum atomic E-state index is 12.7. The molecule has 3 atom stereocenters. The van der Waals surface area contributed by atoms with Crippen molar-refractivity contribution in [3.05, 3.63) is 24.3 Å². The Hall–Kier alpha value is -1.73. The van der Waals surface area contributed by atoms with Gasteiger partial charge in [0.15, 0.2) is 11.9 Å². The van der Waals surface area contributed by atoms with Crippen LogP contribution in [0.2, 0.25) is 0 Å². The molecule has 0 saturated carbocycles. The van der Waals surface area contributed by atoms with Crippen molar-refractivity contribution in [3.8, 4) is 0 Å². The van der Waals surface area contributed by atoms with E-state index in [1.54, 1.807) is 12.2 Å². The van der Waals surface area contributed by atoms with Crippen molar-refractivity contribution in [3.63, 3.8) is 0 Å². The number of phosphoric acid groups is 2.